The van der Waals surface area contributed by atoms with Crippen LogP contribution in [0, 0.1) is 0 Å². The first-order chi connectivity index (χ1) is 14.7. The first kappa shape index (κ1) is 19.7. The van der Waals surface area contributed by atoms with E-state index in [1.807, 2.05) is 30.5 Å². The Bertz CT molecular complexity index is 1030. The summed E-state index contributed by atoms with van der Waals surface area (Å²) < 4.78 is 5.43. The Morgan fingerprint density at radius 3 is 2.70 bits per heavy atom. The van der Waals surface area contributed by atoms with Crippen LogP contribution in [0.4, 0.5) is 10.8 Å². The van der Waals surface area contributed by atoms with Crippen molar-refractivity contribution in [2.45, 2.75) is 19.5 Å². The summed E-state index contributed by atoms with van der Waals surface area (Å²) in [5, 5.41) is 1.61. The number of morpholine rings is 1. The zero-order valence-corrected chi connectivity index (χ0v) is 18.1. The average molecular weight is 443 g/mol. The number of anilines is 2. The van der Waals surface area contributed by atoms with Crippen LogP contribution in [0.5, 0.6) is 0 Å². The van der Waals surface area contributed by atoms with E-state index in [9.17, 15) is 0 Å². The van der Waals surface area contributed by atoms with Crippen molar-refractivity contribution in [1.29, 1.82) is 0 Å². The number of nitrogens with zero attached hydrogens (tertiary/aromatic N) is 5. The van der Waals surface area contributed by atoms with Gasteiger partial charge in [0, 0.05) is 62.2 Å². The Labute approximate surface area is 184 Å². The summed E-state index contributed by atoms with van der Waals surface area (Å²) in [7, 11) is 0. The molecule has 0 amide bonds. The van der Waals surface area contributed by atoms with Crippen LogP contribution in [0.3, 0.4) is 0 Å². The van der Waals surface area contributed by atoms with E-state index in [-0.39, 0.29) is 0 Å². The lowest BCUT2D eigenvalue weighted by molar-refractivity contribution is 0.122. The average Bonchev–Trinajstić information content (AvgIpc) is 3.15. The topological polar surface area (TPSA) is 80.4 Å². The minimum atomic E-state index is 0.613. The molecule has 1 saturated heterocycles. The van der Waals surface area contributed by atoms with Crippen LogP contribution in [-0.4, -0.2) is 52.7 Å². The highest BCUT2D eigenvalue weighted by Gasteiger charge is 2.23. The Morgan fingerprint density at radius 1 is 1.10 bits per heavy atom. The summed E-state index contributed by atoms with van der Waals surface area (Å²) in [5.74, 6) is 0.753. The van der Waals surface area contributed by atoms with Crippen LogP contribution < -0.4 is 10.6 Å². The third-order valence-electron chi connectivity index (χ3n) is 5.47. The van der Waals surface area contributed by atoms with E-state index in [2.05, 4.69) is 19.8 Å². The van der Waals surface area contributed by atoms with Crippen molar-refractivity contribution in [2.24, 2.45) is 0 Å². The first-order valence-corrected chi connectivity index (χ1v) is 11.3. The standard InChI is InChI=1S/C21H23ClN6OS/c22-19-18(30-21(26-19)28-7-9-29-10-8-28)13-27-6-5-17-15(12-27)11-24-20(25-17)14-1-3-16(23)4-2-14/h1-4,11H,5-10,12-13,23H2. The maximum Gasteiger partial charge on any atom is 0.187 e. The predicted octanol–water partition coefficient (Wildman–Crippen LogP) is 3.23. The molecule has 0 saturated carbocycles. The molecule has 4 heterocycles. The second kappa shape index (κ2) is 8.47. The van der Waals surface area contributed by atoms with Crippen LogP contribution in [0.15, 0.2) is 30.5 Å². The zero-order chi connectivity index (χ0) is 20.5. The lowest BCUT2D eigenvalue weighted by Crippen LogP contribution is -2.36. The van der Waals surface area contributed by atoms with Gasteiger partial charge in [0.15, 0.2) is 11.0 Å². The molecule has 0 bridgehead atoms. The van der Waals surface area contributed by atoms with Crippen molar-refractivity contribution >= 4 is 33.8 Å². The van der Waals surface area contributed by atoms with Gasteiger partial charge in [-0.1, -0.05) is 22.9 Å². The normalized spacial score (nSPS) is 17.2. The molecule has 1 fully saturated rings. The Hall–Kier alpha value is -2.26. The lowest BCUT2D eigenvalue weighted by Gasteiger charge is -2.27. The molecule has 0 spiro atoms. The quantitative estimate of drug-likeness (QED) is 0.621. The number of thiazole rings is 1. The van der Waals surface area contributed by atoms with Gasteiger partial charge in [-0.05, 0) is 24.3 Å². The van der Waals surface area contributed by atoms with Crippen LogP contribution in [-0.2, 0) is 24.2 Å². The summed E-state index contributed by atoms with van der Waals surface area (Å²) in [6, 6.07) is 7.68. The van der Waals surface area contributed by atoms with Gasteiger partial charge in [0.25, 0.3) is 0 Å². The molecule has 2 N–H and O–H groups in total. The number of hydrogen-bond acceptors (Lipinski definition) is 8. The van der Waals surface area contributed by atoms with Crippen molar-refractivity contribution in [3.8, 4) is 11.4 Å². The van der Waals surface area contributed by atoms with Crippen molar-refractivity contribution in [2.75, 3.05) is 43.5 Å². The van der Waals surface area contributed by atoms with Gasteiger partial charge >= 0.3 is 0 Å². The smallest absolute Gasteiger partial charge is 0.187 e. The summed E-state index contributed by atoms with van der Waals surface area (Å²) in [6.45, 7) is 5.77. The molecule has 2 aromatic heterocycles. The predicted molar refractivity (Wildman–Crippen MR) is 120 cm³/mol. The van der Waals surface area contributed by atoms with Crippen molar-refractivity contribution in [1.82, 2.24) is 19.9 Å². The second-order valence-corrected chi connectivity index (χ2v) is 8.98. The van der Waals surface area contributed by atoms with E-state index in [1.165, 1.54) is 5.56 Å². The van der Waals surface area contributed by atoms with E-state index in [0.717, 1.165) is 85.1 Å². The number of ether oxygens (including phenoxy) is 1. The van der Waals surface area contributed by atoms with Crippen LogP contribution >= 0.6 is 22.9 Å². The summed E-state index contributed by atoms with van der Waals surface area (Å²) in [5.41, 5.74) is 9.81. The number of rotatable bonds is 4. The maximum absolute atomic E-state index is 6.46. The van der Waals surface area contributed by atoms with Crippen LogP contribution in [0.25, 0.3) is 11.4 Å². The number of aromatic nitrogens is 3. The van der Waals surface area contributed by atoms with Gasteiger partial charge in [-0.25, -0.2) is 15.0 Å². The minimum absolute atomic E-state index is 0.613. The van der Waals surface area contributed by atoms with Crippen LogP contribution in [0.2, 0.25) is 5.15 Å². The van der Waals surface area contributed by atoms with Crippen LogP contribution in [0.1, 0.15) is 16.1 Å². The lowest BCUT2D eigenvalue weighted by atomic mass is 10.1. The summed E-state index contributed by atoms with van der Waals surface area (Å²) in [6.07, 6.45) is 2.85. The Morgan fingerprint density at radius 2 is 1.90 bits per heavy atom. The number of nitrogens with two attached hydrogens (primary N) is 1. The molecule has 0 radical (unpaired) electrons. The van der Waals surface area contributed by atoms with Gasteiger partial charge in [-0.2, -0.15) is 0 Å². The zero-order valence-electron chi connectivity index (χ0n) is 16.6. The van der Waals surface area contributed by atoms with Crippen molar-refractivity contribution in [3.05, 3.63) is 51.7 Å². The van der Waals surface area contributed by atoms with Crippen molar-refractivity contribution in [3.63, 3.8) is 0 Å². The van der Waals surface area contributed by atoms with E-state index in [0.29, 0.717) is 5.15 Å². The molecular formula is C21H23ClN6OS. The minimum Gasteiger partial charge on any atom is -0.399 e. The Balaban J connectivity index is 1.28. The fourth-order valence-corrected chi connectivity index (χ4v) is 5.14. The highest BCUT2D eigenvalue weighted by atomic mass is 35.5. The second-order valence-electron chi connectivity index (χ2n) is 7.56. The van der Waals surface area contributed by atoms with Gasteiger partial charge in [0.1, 0.15) is 5.15 Å². The van der Waals surface area contributed by atoms with Gasteiger partial charge in [0.2, 0.25) is 0 Å². The molecule has 1 aromatic carbocycles. The van der Waals surface area contributed by atoms with Gasteiger partial charge in [-0.15, -0.1) is 0 Å². The fourth-order valence-electron chi connectivity index (χ4n) is 3.79. The molecule has 0 aliphatic carbocycles. The highest BCUT2D eigenvalue weighted by Crippen LogP contribution is 2.32. The van der Waals surface area contributed by atoms with Gasteiger partial charge < -0.3 is 15.4 Å². The molecule has 9 heteroatoms. The highest BCUT2D eigenvalue weighted by molar-refractivity contribution is 7.16. The number of halogens is 1. The maximum atomic E-state index is 6.46. The SMILES string of the molecule is Nc1ccc(-c2ncc3c(n2)CCN(Cc2sc(N4CCOCC4)nc2Cl)C3)cc1. The summed E-state index contributed by atoms with van der Waals surface area (Å²) in [4.78, 5) is 19.7. The molecule has 0 atom stereocenters. The number of benzene rings is 1. The van der Waals surface area contributed by atoms with E-state index >= 15 is 0 Å². The molecule has 2 aliphatic rings. The third kappa shape index (κ3) is 4.13. The fraction of sp³-hybridized carbons (Fsp3) is 0.381. The molecule has 5 rings (SSSR count). The van der Waals surface area contributed by atoms with Gasteiger partial charge in [0.05, 0.1) is 23.8 Å². The molecule has 2 aliphatic heterocycles. The monoisotopic (exact) mass is 442 g/mol. The van der Waals surface area contributed by atoms with E-state index in [4.69, 9.17) is 27.1 Å². The number of hydrogen-bond donors (Lipinski definition) is 1. The molecular weight excluding hydrogens is 420 g/mol. The number of nitrogen functional groups attached to an aromatic ring is 1. The number of fused-ring (bicyclic) bond motifs is 1. The Kier molecular flexibility index (Phi) is 5.56. The third-order valence-corrected chi connectivity index (χ3v) is 6.99. The first-order valence-electron chi connectivity index (χ1n) is 10.1. The van der Waals surface area contributed by atoms with E-state index < -0.39 is 0 Å². The van der Waals surface area contributed by atoms with Crippen molar-refractivity contribution < 1.29 is 4.74 Å². The molecule has 30 heavy (non-hydrogen) atoms. The summed E-state index contributed by atoms with van der Waals surface area (Å²) >= 11 is 8.15. The molecule has 0 unspecified atom stereocenters. The molecule has 7 nitrogen and oxygen atoms in total. The van der Waals surface area contributed by atoms with E-state index in [1.54, 1.807) is 11.3 Å². The van der Waals surface area contributed by atoms with Gasteiger partial charge in [-0.3, -0.25) is 4.90 Å². The largest absolute Gasteiger partial charge is 0.399 e. The molecule has 156 valence electrons. The molecule has 3 aromatic rings.